The second kappa shape index (κ2) is 7.44. The van der Waals surface area contributed by atoms with Crippen LogP contribution in [0.1, 0.15) is 92.4 Å². The molecular weight excluding hydrogens is 340 g/mol. The lowest BCUT2D eigenvalue weighted by atomic mass is 9.47. The van der Waals surface area contributed by atoms with Gasteiger partial charge in [0.25, 0.3) is 0 Å². The molecule has 3 fully saturated rings. The van der Waals surface area contributed by atoms with E-state index in [-0.39, 0.29) is 5.92 Å². The first-order valence-corrected chi connectivity index (χ1v) is 12.2. The molecule has 4 rings (SSSR count). The molecule has 0 aromatic heterocycles. The first-order valence-electron chi connectivity index (χ1n) is 12.2. The second-order valence-corrected chi connectivity index (χ2v) is 11.4. The number of hydrogen-bond acceptors (Lipinski definition) is 1. The zero-order chi connectivity index (χ0) is 20.1. The Morgan fingerprint density at radius 3 is 2.64 bits per heavy atom. The molecule has 1 heteroatoms. The van der Waals surface area contributed by atoms with Gasteiger partial charge in [-0.15, -0.1) is 0 Å². The molecule has 3 saturated carbocycles. The second-order valence-electron chi connectivity index (χ2n) is 11.4. The molecule has 0 radical (unpaired) electrons. The molecule has 0 N–H and O–H groups in total. The van der Waals surface area contributed by atoms with Crippen molar-refractivity contribution >= 4 is 5.78 Å². The third-order valence-electron chi connectivity index (χ3n) is 9.86. The highest BCUT2D eigenvalue weighted by Gasteiger charge is 2.58. The van der Waals surface area contributed by atoms with Crippen LogP contribution in [0.5, 0.6) is 0 Å². The normalized spacial score (nSPS) is 43.1. The van der Waals surface area contributed by atoms with Crippen LogP contribution in [0.3, 0.4) is 0 Å². The molecule has 1 nitrogen and oxygen atoms in total. The van der Waals surface area contributed by atoms with Gasteiger partial charge >= 0.3 is 0 Å². The van der Waals surface area contributed by atoms with E-state index in [0.717, 1.165) is 42.9 Å². The molecule has 4 aliphatic carbocycles. The molecule has 0 heterocycles. The van der Waals surface area contributed by atoms with E-state index in [1.54, 1.807) is 5.57 Å². The van der Waals surface area contributed by atoms with Crippen molar-refractivity contribution in [1.29, 1.82) is 0 Å². The molecule has 4 aliphatic rings. The van der Waals surface area contributed by atoms with Crippen molar-refractivity contribution in [2.75, 3.05) is 0 Å². The van der Waals surface area contributed by atoms with Crippen molar-refractivity contribution < 1.29 is 4.79 Å². The number of hydrogen-bond donors (Lipinski definition) is 0. The number of carbonyl (C=O) groups is 1. The lowest BCUT2D eigenvalue weighted by molar-refractivity contribution is -0.122. The standard InChI is InChI=1S/C27H42O/c1-18(2)25(28)14-9-19(3)22-12-13-23-21-11-10-20-8-6-7-16-26(20,4)24(21)15-17-27(22,23)5/h7-8,16,18-19,21-24H,6,9-15,17H2,1-5H3/t19-,21+,22-,23+,24+,26+,27-/m1/s1. The van der Waals surface area contributed by atoms with Crippen LogP contribution in [0.2, 0.25) is 0 Å². The van der Waals surface area contributed by atoms with Crippen LogP contribution in [-0.4, -0.2) is 5.78 Å². The quantitative estimate of drug-likeness (QED) is 0.453. The van der Waals surface area contributed by atoms with E-state index in [4.69, 9.17) is 0 Å². The Balaban J connectivity index is 1.49. The minimum Gasteiger partial charge on any atom is -0.299 e. The van der Waals surface area contributed by atoms with Gasteiger partial charge in [-0.1, -0.05) is 58.4 Å². The number of fused-ring (bicyclic) bond motifs is 5. The van der Waals surface area contributed by atoms with E-state index >= 15 is 0 Å². The van der Waals surface area contributed by atoms with Crippen LogP contribution in [0.15, 0.2) is 23.8 Å². The molecular formula is C27H42O. The molecule has 0 aliphatic heterocycles. The Hall–Kier alpha value is -0.850. The lowest BCUT2D eigenvalue weighted by Gasteiger charge is -2.57. The third-order valence-corrected chi connectivity index (χ3v) is 9.86. The van der Waals surface area contributed by atoms with Gasteiger partial charge in [-0.05, 0) is 86.4 Å². The van der Waals surface area contributed by atoms with E-state index in [0.29, 0.717) is 22.5 Å². The van der Waals surface area contributed by atoms with Crippen molar-refractivity contribution in [2.24, 2.45) is 46.3 Å². The molecule has 28 heavy (non-hydrogen) atoms. The predicted molar refractivity (Wildman–Crippen MR) is 118 cm³/mol. The predicted octanol–water partition coefficient (Wildman–Crippen LogP) is 7.37. The number of allylic oxidation sites excluding steroid dienone is 4. The topological polar surface area (TPSA) is 17.1 Å². The zero-order valence-electron chi connectivity index (χ0n) is 19.0. The summed E-state index contributed by atoms with van der Waals surface area (Å²) in [7, 11) is 0. The molecule has 0 spiro atoms. The Morgan fingerprint density at radius 2 is 1.89 bits per heavy atom. The maximum atomic E-state index is 12.2. The van der Waals surface area contributed by atoms with E-state index < -0.39 is 0 Å². The fourth-order valence-electron chi connectivity index (χ4n) is 8.18. The molecule has 0 saturated heterocycles. The minimum absolute atomic E-state index is 0.198. The van der Waals surface area contributed by atoms with Gasteiger partial charge in [0.1, 0.15) is 5.78 Å². The van der Waals surface area contributed by atoms with Crippen LogP contribution in [0.25, 0.3) is 0 Å². The van der Waals surface area contributed by atoms with Crippen molar-refractivity contribution in [3.8, 4) is 0 Å². The molecule has 0 bridgehead atoms. The molecule has 0 unspecified atom stereocenters. The van der Waals surface area contributed by atoms with Gasteiger partial charge in [0.05, 0.1) is 0 Å². The summed E-state index contributed by atoms with van der Waals surface area (Å²) in [6, 6.07) is 0. The van der Waals surface area contributed by atoms with Gasteiger partial charge < -0.3 is 0 Å². The summed E-state index contributed by atoms with van der Waals surface area (Å²) in [4.78, 5) is 12.2. The van der Waals surface area contributed by atoms with Gasteiger partial charge in [-0.2, -0.15) is 0 Å². The summed E-state index contributed by atoms with van der Waals surface area (Å²) >= 11 is 0. The Morgan fingerprint density at radius 1 is 1.11 bits per heavy atom. The SMILES string of the molecule is CC(C)C(=O)CC[C@@H](C)[C@H]1CC[C@H]2[C@@H]3CCC4=CCC=C[C@]4(C)[C@H]3CC[C@]12C. The third kappa shape index (κ3) is 3.16. The van der Waals surface area contributed by atoms with E-state index in [1.165, 1.54) is 38.5 Å². The first-order chi connectivity index (χ1) is 13.3. The van der Waals surface area contributed by atoms with Crippen molar-refractivity contribution in [3.63, 3.8) is 0 Å². The molecule has 7 atom stereocenters. The van der Waals surface area contributed by atoms with Crippen LogP contribution >= 0.6 is 0 Å². The monoisotopic (exact) mass is 382 g/mol. The summed E-state index contributed by atoms with van der Waals surface area (Å²) in [5.74, 6) is 4.86. The maximum Gasteiger partial charge on any atom is 0.135 e. The number of carbonyl (C=O) groups excluding carboxylic acids is 1. The number of ketones is 1. The highest BCUT2D eigenvalue weighted by atomic mass is 16.1. The highest BCUT2D eigenvalue weighted by molar-refractivity contribution is 5.80. The summed E-state index contributed by atoms with van der Waals surface area (Å²) < 4.78 is 0. The van der Waals surface area contributed by atoms with E-state index in [9.17, 15) is 4.79 Å². The van der Waals surface area contributed by atoms with Crippen LogP contribution in [0, 0.1) is 46.3 Å². The maximum absolute atomic E-state index is 12.2. The highest BCUT2D eigenvalue weighted by Crippen LogP contribution is 2.67. The Kier molecular flexibility index (Phi) is 5.43. The molecule has 0 amide bonds. The summed E-state index contributed by atoms with van der Waals surface area (Å²) in [5.41, 5.74) is 2.60. The summed E-state index contributed by atoms with van der Waals surface area (Å²) in [5, 5.41) is 0. The zero-order valence-corrected chi connectivity index (χ0v) is 19.0. The molecule has 0 aromatic rings. The lowest BCUT2D eigenvalue weighted by Crippen LogP contribution is -2.49. The fraction of sp³-hybridized carbons (Fsp3) is 0.815. The van der Waals surface area contributed by atoms with Gasteiger partial charge in [0, 0.05) is 17.8 Å². The van der Waals surface area contributed by atoms with Gasteiger partial charge in [-0.25, -0.2) is 0 Å². The average molecular weight is 383 g/mol. The number of rotatable bonds is 5. The van der Waals surface area contributed by atoms with Crippen molar-refractivity contribution in [3.05, 3.63) is 23.8 Å². The van der Waals surface area contributed by atoms with Gasteiger partial charge in [0.2, 0.25) is 0 Å². The Bertz CT molecular complexity index is 670. The molecule has 0 aromatic carbocycles. The van der Waals surface area contributed by atoms with Gasteiger partial charge in [-0.3, -0.25) is 4.79 Å². The van der Waals surface area contributed by atoms with E-state index in [2.05, 4.69) is 39.0 Å². The van der Waals surface area contributed by atoms with E-state index in [1.807, 2.05) is 13.8 Å². The largest absolute Gasteiger partial charge is 0.299 e. The average Bonchev–Trinajstić information content (AvgIpc) is 3.02. The molecule has 156 valence electrons. The first kappa shape index (κ1) is 20.4. The van der Waals surface area contributed by atoms with Crippen molar-refractivity contribution in [1.82, 2.24) is 0 Å². The minimum atomic E-state index is 0.198. The van der Waals surface area contributed by atoms with Crippen LogP contribution < -0.4 is 0 Å². The van der Waals surface area contributed by atoms with Crippen LogP contribution in [0.4, 0.5) is 0 Å². The van der Waals surface area contributed by atoms with Gasteiger partial charge in [0.15, 0.2) is 0 Å². The summed E-state index contributed by atoms with van der Waals surface area (Å²) in [6.07, 6.45) is 19.0. The summed E-state index contributed by atoms with van der Waals surface area (Å²) in [6.45, 7) is 11.7. The van der Waals surface area contributed by atoms with Crippen molar-refractivity contribution in [2.45, 2.75) is 92.4 Å². The number of Topliss-reactive ketones (excluding diaryl/α,β-unsaturated/α-hetero) is 1. The fourth-order valence-corrected chi connectivity index (χ4v) is 8.18. The van der Waals surface area contributed by atoms with Crippen LogP contribution in [-0.2, 0) is 4.79 Å². The smallest absolute Gasteiger partial charge is 0.135 e. The Labute approximate surface area is 173 Å².